The fourth-order valence-electron chi connectivity index (χ4n) is 1.36. The van der Waals surface area contributed by atoms with Crippen molar-refractivity contribution in [2.75, 3.05) is 7.11 Å². The molecular formula is C11H10BrFN2O. The molecule has 0 aliphatic heterocycles. The average molecular weight is 285 g/mol. The second-order valence-corrected chi connectivity index (χ2v) is 4.04. The largest absolute Gasteiger partial charge is 0.492 e. The first-order chi connectivity index (χ1) is 7.70. The topological polar surface area (TPSA) is 27.1 Å². The molecule has 0 saturated carbocycles. The van der Waals surface area contributed by atoms with E-state index in [1.54, 1.807) is 30.1 Å². The van der Waals surface area contributed by atoms with Crippen LogP contribution in [0.15, 0.2) is 35.1 Å². The van der Waals surface area contributed by atoms with Crippen molar-refractivity contribution in [2.24, 2.45) is 0 Å². The summed E-state index contributed by atoms with van der Waals surface area (Å²) in [7, 11) is 1.59. The number of rotatable bonds is 3. The van der Waals surface area contributed by atoms with Crippen molar-refractivity contribution in [2.45, 2.75) is 6.54 Å². The molecule has 1 heterocycles. The standard InChI is InChI=1S/C11H10BrFN2O/c1-16-10-6-14-15(11(10)12)7-8-2-4-9(13)5-3-8/h2-6H,7H2,1H3. The molecule has 0 amide bonds. The van der Waals surface area contributed by atoms with E-state index in [2.05, 4.69) is 21.0 Å². The zero-order chi connectivity index (χ0) is 11.5. The van der Waals surface area contributed by atoms with Crippen LogP contribution < -0.4 is 4.74 Å². The number of nitrogens with zero attached hydrogens (tertiary/aromatic N) is 2. The summed E-state index contributed by atoms with van der Waals surface area (Å²) in [6.45, 7) is 0.574. The lowest BCUT2D eigenvalue weighted by molar-refractivity contribution is 0.411. The van der Waals surface area contributed by atoms with E-state index in [0.717, 1.165) is 10.2 Å². The van der Waals surface area contributed by atoms with E-state index in [-0.39, 0.29) is 5.82 Å². The van der Waals surface area contributed by atoms with Crippen LogP contribution in [-0.2, 0) is 6.54 Å². The van der Waals surface area contributed by atoms with Gasteiger partial charge in [0.05, 0.1) is 19.9 Å². The summed E-state index contributed by atoms with van der Waals surface area (Å²) >= 11 is 3.38. The highest BCUT2D eigenvalue weighted by Gasteiger charge is 2.08. The number of hydrogen-bond acceptors (Lipinski definition) is 2. The lowest BCUT2D eigenvalue weighted by atomic mass is 10.2. The molecule has 0 spiro atoms. The van der Waals surface area contributed by atoms with Crippen LogP contribution in [0.3, 0.4) is 0 Å². The number of methoxy groups -OCH3 is 1. The van der Waals surface area contributed by atoms with Crippen molar-refractivity contribution in [1.82, 2.24) is 9.78 Å². The maximum Gasteiger partial charge on any atom is 0.171 e. The van der Waals surface area contributed by atoms with Crippen LogP contribution >= 0.6 is 15.9 Å². The minimum Gasteiger partial charge on any atom is -0.492 e. The number of aromatic nitrogens is 2. The number of halogens is 2. The minimum atomic E-state index is -0.235. The molecule has 0 unspecified atom stereocenters. The van der Waals surface area contributed by atoms with Crippen molar-refractivity contribution in [3.05, 3.63) is 46.4 Å². The van der Waals surface area contributed by atoms with Gasteiger partial charge in [-0.2, -0.15) is 5.10 Å². The van der Waals surface area contributed by atoms with E-state index >= 15 is 0 Å². The number of hydrogen-bond donors (Lipinski definition) is 0. The summed E-state index contributed by atoms with van der Waals surface area (Å²) in [5.41, 5.74) is 0.979. The van der Waals surface area contributed by atoms with Gasteiger partial charge in [0.2, 0.25) is 0 Å². The predicted octanol–water partition coefficient (Wildman–Crippen LogP) is 2.84. The van der Waals surface area contributed by atoms with Crippen molar-refractivity contribution in [3.8, 4) is 5.75 Å². The molecule has 0 aliphatic rings. The molecule has 3 nitrogen and oxygen atoms in total. The Morgan fingerprint density at radius 3 is 2.62 bits per heavy atom. The van der Waals surface area contributed by atoms with Gasteiger partial charge in [0, 0.05) is 0 Å². The van der Waals surface area contributed by atoms with Gasteiger partial charge < -0.3 is 4.74 Å². The van der Waals surface area contributed by atoms with Crippen molar-refractivity contribution in [1.29, 1.82) is 0 Å². The highest BCUT2D eigenvalue weighted by Crippen LogP contribution is 2.24. The zero-order valence-corrected chi connectivity index (χ0v) is 10.2. The van der Waals surface area contributed by atoms with Crippen LogP contribution in [-0.4, -0.2) is 16.9 Å². The third-order valence-electron chi connectivity index (χ3n) is 2.21. The molecule has 0 radical (unpaired) electrons. The third kappa shape index (κ3) is 2.24. The Hall–Kier alpha value is -1.36. The van der Waals surface area contributed by atoms with Gasteiger partial charge in [-0.3, -0.25) is 4.68 Å². The van der Waals surface area contributed by atoms with Gasteiger partial charge in [0.1, 0.15) is 10.4 Å². The van der Waals surface area contributed by atoms with E-state index in [1.165, 1.54) is 12.1 Å². The minimum absolute atomic E-state index is 0.235. The molecule has 0 fully saturated rings. The Bertz CT molecular complexity index is 481. The quantitative estimate of drug-likeness (QED) is 0.867. The van der Waals surface area contributed by atoms with Crippen LogP contribution in [0, 0.1) is 5.82 Å². The third-order valence-corrected chi connectivity index (χ3v) is 3.01. The number of benzene rings is 1. The van der Waals surface area contributed by atoms with E-state index in [1.807, 2.05) is 0 Å². The molecule has 0 saturated heterocycles. The molecule has 1 aromatic heterocycles. The molecule has 0 aliphatic carbocycles. The predicted molar refractivity (Wildman–Crippen MR) is 62.0 cm³/mol. The maximum atomic E-state index is 12.7. The summed E-state index contributed by atoms with van der Waals surface area (Å²) in [5, 5.41) is 4.16. The Balaban J connectivity index is 2.20. The molecule has 5 heteroatoms. The van der Waals surface area contributed by atoms with Gasteiger partial charge in [0.15, 0.2) is 5.75 Å². The second-order valence-electron chi connectivity index (χ2n) is 3.29. The fourth-order valence-corrected chi connectivity index (χ4v) is 1.84. The van der Waals surface area contributed by atoms with Gasteiger partial charge >= 0.3 is 0 Å². The van der Waals surface area contributed by atoms with Gasteiger partial charge in [-0.1, -0.05) is 12.1 Å². The Labute approximate surface area is 101 Å². The van der Waals surface area contributed by atoms with Gasteiger partial charge in [-0.15, -0.1) is 0 Å². The lowest BCUT2D eigenvalue weighted by Crippen LogP contribution is -2.01. The molecule has 2 aromatic rings. The van der Waals surface area contributed by atoms with Crippen molar-refractivity contribution in [3.63, 3.8) is 0 Å². The van der Waals surface area contributed by atoms with E-state index in [0.29, 0.717) is 12.3 Å². The van der Waals surface area contributed by atoms with Crippen LogP contribution in [0.5, 0.6) is 5.75 Å². The molecule has 84 valence electrons. The second kappa shape index (κ2) is 4.65. The first kappa shape index (κ1) is 11.1. The van der Waals surface area contributed by atoms with Crippen LogP contribution in [0.2, 0.25) is 0 Å². The van der Waals surface area contributed by atoms with E-state index in [9.17, 15) is 4.39 Å². The van der Waals surface area contributed by atoms with Crippen LogP contribution in [0.1, 0.15) is 5.56 Å². The van der Waals surface area contributed by atoms with Crippen molar-refractivity contribution >= 4 is 15.9 Å². The van der Waals surface area contributed by atoms with Crippen LogP contribution in [0.25, 0.3) is 0 Å². The monoisotopic (exact) mass is 284 g/mol. The van der Waals surface area contributed by atoms with E-state index < -0.39 is 0 Å². The lowest BCUT2D eigenvalue weighted by Gasteiger charge is -2.04. The van der Waals surface area contributed by atoms with E-state index in [4.69, 9.17) is 4.74 Å². The Morgan fingerprint density at radius 2 is 2.06 bits per heavy atom. The highest BCUT2D eigenvalue weighted by atomic mass is 79.9. The normalized spacial score (nSPS) is 10.4. The van der Waals surface area contributed by atoms with Gasteiger partial charge in [-0.25, -0.2) is 4.39 Å². The Morgan fingerprint density at radius 1 is 1.38 bits per heavy atom. The maximum absolute atomic E-state index is 12.7. The Kier molecular flexibility index (Phi) is 3.24. The first-order valence-electron chi connectivity index (χ1n) is 4.70. The fraction of sp³-hybridized carbons (Fsp3) is 0.182. The molecule has 1 aromatic carbocycles. The molecular weight excluding hydrogens is 275 g/mol. The summed E-state index contributed by atoms with van der Waals surface area (Å²) in [4.78, 5) is 0. The van der Waals surface area contributed by atoms with Gasteiger partial charge in [-0.05, 0) is 33.6 Å². The summed E-state index contributed by atoms with van der Waals surface area (Å²) in [6.07, 6.45) is 1.63. The molecule has 0 N–H and O–H groups in total. The molecule has 0 bridgehead atoms. The molecule has 2 rings (SSSR count). The average Bonchev–Trinajstić information content (AvgIpc) is 2.63. The zero-order valence-electron chi connectivity index (χ0n) is 8.65. The number of ether oxygens (including phenoxy) is 1. The van der Waals surface area contributed by atoms with Crippen LogP contribution in [0.4, 0.5) is 4.39 Å². The summed E-state index contributed by atoms with van der Waals surface area (Å²) in [6, 6.07) is 6.33. The SMILES string of the molecule is COc1cnn(Cc2ccc(F)cc2)c1Br. The molecule has 16 heavy (non-hydrogen) atoms. The smallest absolute Gasteiger partial charge is 0.171 e. The highest BCUT2D eigenvalue weighted by molar-refractivity contribution is 9.10. The summed E-state index contributed by atoms with van der Waals surface area (Å²) < 4.78 is 20.3. The summed E-state index contributed by atoms with van der Waals surface area (Å²) in [5.74, 6) is 0.447. The van der Waals surface area contributed by atoms with Crippen molar-refractivity contribution < 1.29 is 9.13 Å². The molecule has 0 atom stereocenters. The van der Waals surface area contributed by atoms with Gasteiger partial charge in [0.25, 0.3) is 0 Å². The first-order valence-corrected chi connectivity index (χ1v) is 5.49.